The number of nitrogens with zero attached hydrogens (tertiary/aromatic N) is 1. The number of esters is 1. The highest BCUT2D eigenvalue weighted by Crippen LogP contribution is 2.35. The molecule has 3 aromatic rings. The number of fused-ring (bicyclic) bond motifs is 1. The summed E-state index contributed by atoms with van der Waals surface area (Å²) in [5.74, 6) is -2.67. The van der Waals surface area contributed by atoms with Crippen LogP contribution >= 0.6 is 11.3 Å². The number of carbonyl (C=O) groups is 2. The van der Waals surface area contributed by atoms with Gasteiger partial charge < -0.3 is 15.4 Å². The number of thiazole rings is 1. The number of hydrogen-bond acceptors (Lipinski definition) is 6. The highest BCUT2D eigenvalue weighted by Gasteiger charge is 2.64. The van der Waals surface area contributed by atoms with Gasteiger partial charge in [-0.05, 0) is 24.6 Å². The normalized spacial score (nSPS) is 13.5. The fourth-order valence-electron chi connectivity index (χ4n) is 2.75. The average Bonchev–Trinajstić information content (AvgIpc) is 3.09. The third-order valence-corrected chi connectivity index (χ3v) is 5.08. The van der Waals surface area contributed by atoms with E-state index in [0.717, 1.165) is 11.3 Å². The van der Waals surface area contributed by atoms with E-state index in [1.165, 1.54) is 6.92 Å². The molecule has 0 aliphatic heterocycles. The monoisotopic (exact) mass is 437 g/mol. The minimum Gasteiger partial charge on any atom is -0.463 e. The number of anilines is 1. The van der Waals surface area contributed by atoms with Crippen molar-refractivity contribution in [2.45, 2.75) is 25.2 Å². The lowest BCUT2D eigenvalue weighted by molar-refractivity contribution is -0.207. The van der Waals surface area contributed by atoms with Crippen LogP contribution in [-0.2, 0) is 20.7 Å². The lowest BCUT2D eigenvalue weighted by Crippen LogP contribution is -2.69. The molecule has 0 aliphatic carbocycles. The van der Waals surface area contributed by atoms with E-state index in [0.29, 0.717) is 15.8 Å². The van der Waals surface area contributed by atoms with Crippen LogP contribution in [0.5, 0.6) is 0 Å². The fourth-order valence-corrected chi connectivity index (χ4v) is 3.67. The number of ether oxygens (including phenoxy) is 1. The van der Waals surface area contributed by atoms with E-state index < -0.39 is 23.7 Å². The van der Waals surface area contributed by atoms with Gasteiger partial charge in [0, 0.05) is 0 Å². The summed E-state index contributed by atoms with van der Waals surface area (Å²) in [4.78, 5) is 29.0. The van der Waals surface area contributed by atoms with Crippen LogP contribution in [0.3, 0.4) is 0 Å². The maximum absolute atomic E-state index is 14.2. The summed E-state index contributed by atoms with van der Waals surface area (Å²) in [6, 6.07) is 14.9. The summed E-state index contributed by atoms with van der Waals surface area (Å²) >= 11 is 0.926. The maximum Gasteiger partial charge on any atom is 0.442 e. The van der Waals surface area contributed by atoms with Crippen LogP contribution in [0.15, 0.2) is 54.6 Å². The number of carbonyl (C=O) groups excluding carboxylic acids is 2. The standard InChI is InChI=1S/C20H18F3N3O3S/c1-2-29-17(28)19(20(21,22)23,25-16(27)12-13-8-4-3-5-9-13)26-18-24-14-10-6-7-11-15(14)30-18/h3-11H,2,12H2,1H3,(H,24,26)(H,25,27). The summed E-state index contributed by atoms with van der Waals surface area (Å²) < 4.78 is 47.9. The molecule has 0 bridgehead atoms. The Hall–Kier alpha value is -3.14. The van der Waals surface area contributed by atoms with Crippen molar-refractivity contribution in [2.24, 2.45) is 0 Å². The first-order valence-corrected chi connectivity index (χ1v) is 9.79. The summed E-state index contributed by atoms with van der Waals surface area (Å²) in [5.41, 5.74) is -2.53. The van der Waals surface area contributed by atoms with Crippen molar-refractivity contribution in [3.8, 4) is 0 Å². The molecule has 2 aromatic carbocycles. The van der Waals surface area contributed by atoms with Gasteiger partial charge in [0.25, 0.3) is 0 Å². The minimum atomic E-state index is -5.20. The fraction of sp³-hybridized carbons (Fsp3) is 0.250. The van der Waals surface area contributed by atoms with Gasteiger partial charge in [-0.25, -0.2) is 9.78 Å². The first-order valence-electron chi connectivity index (χ1n) is 8.98. The van der Waals surface area contributed by atoms with Gasteiger partial charge >= 0.3 is 17.8 Å². The molecule has 3 rings (SSSR count). The second kappa shape index (κ2) is 8.70. The topological polar surface area (TPSA) is 80.3 Å². The molecule has 0 spiro atoms. The number of amides is 1. The Balaban J connectivity index is 1.97. The molecular weight excluding hydrogens is 419 g/mol. The maximum atomic E-state index is 14.2. The van der Waals surface area contributed by atoms with E-state index in [2.05, 4.69) is 15.0 Å². The Labute approximate surface area is 174 Å². The SMILES string of the molecule is CCOC(=O)C(NC(=O)Cc1ccccc1)(Nc1nc2ccccc2s1)C(F)(F)F. The molecule has 1 unspecified atom stereocenters. The highest BCUT2D eigenvalue weighted by molar-refractivity contribution is 7.22. The predicted molar refractivity (Wildman–Crippen MR) is 107 cm³/mol. The number of para-hydroxylation sites is 1. The molecule has 0 saturated heterocycles. The Kier molecular flexibility index (Phi) is 6.25. The van der Waals surface area contributed by atoms with E-state index in [1.807, 2.05) is 5.32 Å². The molecule has 0 radical (unpaired) electrons. The van der Waals surface area contributed by atoms with Gasteiger partial charge in [-0.1, -0.05) is 53.8 Å². The van der Waals surface area contributed by atoms with E-state index in [4.69, 9.17) is 0 Å². The second-order valence-corrected chi connectivity index (χ2v) is 7.32. The molecule has 1 amide bonds. The van der Waals surface area contributed by atoms with E-state index in [1.54, 1.807) is 54.6 Å². The van der Waals surface area contributed by atoms with Gasteiger partial charge in [-0.2, -0.15) is 13.2 Å². The number of benzene rings is 2. The second-order valence-electron chi connectivity index (χ2n) is 6.29. The van der Waals surface area contributed by atoms with Gasteiger partial charge in [0.1, 0.15) is 0 Å². The van der Waals surface area contributed by atoms with Crippen LogP contribution in [0.1, 0.15) is 12.5 Å². The van der Waals surface area contributed by atoms with Gasteiger partial charge in [0.2, 0.25) is 5.91 Å². The number of hydrogen-bond donors (Lipinski definition) is 2. The number of halogens is 3. The van der Waals surface area contributed by atoms with E-state index >= 15 is 0 Å². The summed E-state index contributed by atoms with van der Waals surface area (Å²) in [5, 5.41) is 3.73. The van der Waals surface area contributed by atoms with Gasteiger partial charge in [0.15, 0.2) is 5.13 Å². The molecular formula is C20H18F3N3O3S. The van der Waals surface area contributed by atoms with Crippen molar-refractivity contribution < 1.29 is 27.5 Å². The van der Waals surface area contributed by atoms with Crippen LogP contribution in [-0.4, -0.2) is 35.3 Å². The summed E-state index contributed by atoms with van der Waals surface area (Å²) in [6.07, 6.45) is -5.55. The highest BCUT2D eigenvalue weighted by atomic mass is 32.1. The lowest BCUT2D eigenvalue weighted by Gasteiger charge is -2.34. The molecule has 1 atom stereocenters. The van der Waals surface area contributed by atoms with Crippen LogP contribution in [0.25, 0.3) is 10.2 Å². The molecule has 6 nitrogen and oxygen atoms in total. The number of aromatic nitrogens is 1. The van der Waals surface area contributed by atoms with Crippen molar-refractivity contribution in [1.29, 1.82) is 0 Å². The van der Waals surface area contributed by atoms with Crippen molar-refractivity contribution in [3.05, 3.63) is 60.2 Å². The molecule has 0 aliphatic rings. The molecule has 2 N–H and O–H groups in total. The summed E-state index contributed by atoms with van der Waals surface area (Å²) in [6.45, 7) is 1.08. The molecule has 1 aromatic heterocycles. The molecule has 0 saturated carbocycles. The quantitative estimate of drug-likeness (QED) is 0.433. The largest absolute Gasteiger partial charge is 0.463 e. The third kappa shape index (κ3) is 4.54. The number of nitrogens with one attached hydrogen (secondary N) is 2. The van der Waals surface area contributed by atoms with Crippen molar-refractivity contribution in [1.82, 2.24) is 10.3 Å². The van der Waals surface area contributed by atoms with Crippen molar-refractivity contribution >= 4 is 38.6 Å². The molecule has 158 valence electrons. The Morgan fingerprint density at radius 3 is 2.37 bits per heavy atom. The third-order valence-electron chi connectivity index (χ3n) is 4.13. The molecule has 10 heteroatoms. The van der Waals surface area contributed by atoms with E-state index in [9.17, 15) is 22.8 Å². The van der Waals surface area contributed by atoms with Crippen LogP contribution in [0, 0.1) is 0 Å². The summed E-state index contributed by atoms with van der Waals surface area (Å²) in [7, 11) is 0. The van der Waals surface area contributed by atoms with Crippen LogP contribution in [0.4, 0.5) is 18.3 Å². The first-order chi connectivity index (χ1) is 14.2. The molecule has 0 fully saturated rings. The van der Waals surface area contributed by atoms with Crippen LogP contribution < -0.4 is 10.6 Å². The Bertz CT molecular complexity index is 1010. The average molecular weight is 437 g/mol. The van der Waals surface area contributed by atoms with Crippen molar-refractivity contribution in [3.63, 3.8) is 0 Å². The first kappa shape index (κ1) is 21.6. The zero-order valence-electron chi connectivity index (χ0n) is 15.8. The molecule has 30 heavy (non-hydrogen) atoms. The van der Waals surface area contributed by atoms with E-state index in [-0.39, 0.29) is 18.2 Å². The molecule has 1 heterocycles. The van der Waals surface area contributed by atoms with Gasteiger partial charge in [-0.15, -0.1) is 0 Å². The predicted octanol–water partition coefficient (Wildman–Crippen LogP) is 3.89. The van der Waals surface area contributed by atoms with Gasteiger partial charge in [-0.3, -0.25) is 4.79 Å². The smallest absolute Gasteiger partial charge is 0.442 e. The lowest BCUT2D eigenvalue weighted by atomic mass is 10.1. The van der Waals surface area contributed by atoms with Gasteiger partial charge in [0.05, 0.1) is 23.2 Å². The number of rotatable bonds is 7. The Morgan fingerprint density at radius 2 is 1.73 bits per heavy atom. The zero-order valence-corrected chi connectivity index (χ0v) is 16.6. The van der Waals surface area contributed by atoms with Crippen molar-refractivity contribution in [2.75, 3.05) is 11.9 Å². The Morgan fingerprint density at radius 1 is 1.07 bits per heavy atom. The number of alkyl halides is 3. The van der Waals surface area contributed by atoms with Crippen LogP contribution in [0.2, 0.25) is 0 Å². The zero-order chi connectivity index (χ0) is 21.8. The minimum absolute atomic E-state index is 0.179.